The summed E-state index contributed by atoms with van der Waals surface area (Å²) < 4.78 is 16.9. The Balaban J connectivity index is 2.32. The van der Waals surface area contributed by atoms with Crippen LogP contribution in [0, 0.1) is 5.92 Å². The minimum atomic E-state index is -1.03. The predicted octanol–water partition coefficient (Wildman–Crippen LogP) is 3.77. The molecule has 0 unspecified atom stereocenters. The lowest BCUT2D eigenvalue weighted by molar-refractivity contribution is -0.139. The average molecular weight is 499 g/mol. The van der Waals surface area contributed by atoms with E-state index in [0.29, 0.717) is 47.6 Å². The van der Waals surface area contributed by atoms with E-state index in [1.165, 1.54) is 27.2 Å². The van der Waals surface area contributed by atoms with E-state index in [4.69, 9.17) is 14.2 Å². The van der Waals surface area contributed by atoms with Crippen molar-refractivity contribution in [2.75, 3.05) is 26.6 Å². The number of hydrogen-bond acceptors (Lipinski definition) is 7. The topological polar surface area (TPSA) is 123 Å². The number of fused-ring (bicyclic) bond motifs is 3. The van der Waals surface area contributed by atoms with Gasteiger partial charge in [-0.15, -0.1) is 0 Å². The first-order valence-corrected chi connectivity index (χ1v) is 11.9. The van der Waals surface area contributed by atoms with Gasteiger partial charge in [-0.25, -0.2) is 4.79 Å². The Morgan fingerprint density at radius 3 is 2.36 bits per heavy atom. The maximum absolute atomic E-state index is 13.3. The fourth-order valence-corrected chi connectivity index (χ4v) is 4.68. The maximum atomic E-state index is 13.3. The summed E-state index contributed by atoms with van der Waals surface area (Å²) in [7, 11) is 4.60. The molecule has 1 amide bonds. The van der Waals surface area contributed by atoms with Gasteiger partial charge in [0.05, 0.1) is 33.1 Å². The average Bonchev–Trinajstić information content (AvgIpc) is 3.09. The molecule has 0 saturated heterocycles. The summed E-state index contributed by atoms with van der Waals surface area (Å²) in [6, 6.07) is 5.34. The molecule has 0 aliphatic heterocycles. The van der Waals surface area contributed by atoms with Crippen molar-refractivity contribution < 1.29 is 28.9 Å². The molecule has 1 aliphatic carbocycles. The van der Waals surface area contributed by atoms with Gasteiger partial charge in [0.15, 0.2) is 11.5 Å². The Morgan fingerprint density at radius 2 is 1.81 bits per heavy atom. The van der Waals surface area contributed by atoms with Crippen LogP contribution in [0.5, 0.6) is 17.2 Å². The molecule has 0 spiro atoms. The standard InChI is InChI=1S/C27H34N2O7/c1-7-14(2)24(27(32)33)29-20-11-9-17-18(13-21(20)31)19(28-15(3)30)10-8-16-12-22(34-4)25(35-5)26(36-6)23(16)17/h9,11-14,19,24H,7-8,10H2,1-6H3,(H,28,30)(H,29,31)(H,32,33)/t14-,19+,24+/m0/s1. The molecule has 3 rings (SSSR count). The van der Waals surface area contributed by atoms with E-state index >= 15 is 0 Å². The number of carbonyl (C=O) groups is 2. The second kappa shape index (κ2) is 11.3. The molecule has 0 bridgehead atoms. The van der Waals surface area contributed by atoms with Gasteiger partial charge in [-0.1, -0.05) is 26.3 Å². The van der Waals surface area contributed by atoms with Crippen LogP contribution in [0.3, 0.4) is 0 Å². The SMILES string of the molecule is CC[C@H](C)[C@@H](Nc1ccc2c(cc1=O)[C@H](NC(C)=O)CCc1cc(OC)c(OC)c(OC)c1-2)C(=O)O. The minimum Gasteiger partial charge on any atom is -0.493 e. The van der Waals surface area contributed by atoms with Crippen molar-refractivity contribution in [1.82, 2.24) is 5.32 Å². The van der Waals surface area contributed by atoms with Crippen LogP contribution in [0.1, 0.15) is 50.8 Å². The van der Waals surface area contributed by atoms with Gasteiger partial charge >= 0.3 is 5.97 Å². The Bertz CT molecular complexity index is 1210. The molecular formula is C27H34N2O7. The van der Waals surface area contributed by atoms with E-state index in [0.717, 1.165) is 11.1 Å². The van der Waals surface area contributed by atoms with Crippen LogP contribution in [0.2, 0.25) is 0 Å². The number of carbonyl (C=O) groups excluding carboxylic acids is 1. The summed E-state index contributed by atoms with van der Waals surface area (Å²) in [5.74, 6) is -0.0752. The highest BCUT2D eigenvalue weighted by molar-refractivity contribution is 5.84. The number of nitrogens with one attached hydrogen (secondary N) is 2. The van der Waals surface area contributed by atoms with Gasteiger partial charge in [-0.2, -0.15) is 0 Å². The summed E-state index contributed by atoms with van der Waals surface area (Å²) in [5, 5.41) is 15.6. The number of aryl methyl sites for hydroxylation is 1. The van der Waals surface area contributed by atoms with E-state index in [9.17, 15) is 19.5 Å². The number of amides is 1. The molecule has 1 aliphatic rings. The maximum Gasteiger partial charge on any atom is 0.326 e. The summed E-state index contributed by atoms with van der Waals surface area (Å²) in [4.78, 5) is 37.3. The second-order valence-corrected chi connectivity index (χ2v) is 8.94. The number of methoxy groups -OCH3 is 3. The van der Waals surface area contributed by atoms with Gasteiger partial charge in [0.25, 0.3) is 0 Å². The zero-order chi connectivity index (χ0) is 26.6. The van der Waals surface area contributed by atoms with E-state index < -0.39 is 18.1 Å². The second-order valence-electron chi connectivity index (χ2n) is 8.94. The Morgan fingerprint density at radius 1 is 1.11 bits per heavy atom. The predicted molar refractivity (Wildman–Crippen MR) is 137 cm³/mol. The molecule has 9 nitrogen and oxygen atoms in total. The van der Waals surface area contributed by atoms with Crippen LogP contribution in [-0.4, -0.2) is 44.4 Å². The van der Waals surface area contributed by atoms with Crippen molar-refractivity contribution >= 4 is 17.6 Å². The highest BCUT2D eigenvalue weighted by Gasteiger charge is 2.30. The number of aliphatic carboxylic acids is 1. The molecule has 0 aromatic heterocycles. The van der Waals surface area contributed by atoms with Crippen molar-refractivity contribution in [2.24, 2.45) is 5.92 Å². The molecule has 0 saturated carbocycles. The van der Waals surface area contributed by atoms with Gasteiger partial charge in [0.2, 0.25) is 17.1 Å². The molecule has 194 valence electrons. The van der Waals surface area contributed by atoms with Crippen LogP contribution in [0.4, 0.5) is 5.69 Å². The zero-order valence-electron chi connectivity index (χ0n) is 21.6. The van der Waals surface area contributed by atoms with Gasteiger partial charge in [0, 0.05) is 12.5 Å². The molecule has 3 atom stereocenters. The number of benzene rings is 1. The van der Waals surface area contributed by atoms with Gasteiger partial charge in [-0.05, 0) is 53.6 Å². The Hall–Kier alpha value is -3.75. The summed E-state index contributed by atoms with van der Waals surface area (Å²) >= 11 is 0. The summed E-state index contributed by atoms with van der Waals surface area (Å²) in [5.41, 5.74) is 2.73. The molecule has 0 radical (unpaired) electrons. The van der Waals surface area contributed by atoms with Crippen molar-refractivity contribution in [3.63, 3.8) is 0 Å². The van der Waals surface area contributed by atoms with Crippen molar-refractivity contribution in [1.29, 1.82) is 0 Å². The van der Waals surface area contributed by atoms with E-state index in [1.54, 1.807) is 19.2 Å². The highest BCUT2D eigenvalue weighted by Crippen LogP contribution is 2.50. The fourth-order valence-electron chi connectivity index (χ4n) is 4.68. The molecular weight excluding hydrogens is 464 g/mol. The molecule has 9 heteroatoms. The number of anilines is 1. The number of rotatable bonds is 9. The summed E-state index contributed by atoms with van der Waals surface area (Å²) in [6.45, 7) is 5.15. The van der Waals surface area contributed by atoms with Gasteiger partial charge in [0.1, 0.15) is 6.04 Å². The monoisotopic (exact) mass is 498 g/mol. The van der Waals surface area contributed by atoms with Crippen LogP contribution >= 0.6 is 0 Å². The lowest BCUT2D eigenvalue weighted by Crippen LogP contribution is -2.36. The Labute approximate surface area is 210 Å². The van der Waals surface area contributed by atoms with E-state index in [2.05, 4.69) is 10.6 Å². The molecule has 2 aromatic carbocycles. The quantitative estimate of drug-likeness (QED) is 0.477. The fraction of sp³-hybridized carbons (Fsp3) is 0.444. The number of carboxylic acids is 1. The first-order valence-electron chi connectivity index (χ1n) is 11.9. The lowest BCUT2D eigenvalue weighted by atomic mass is 9.95. The molecule has 3 N–H and O–H groups in total. The molecule has 36 heavy (non-hydrogen) atoms. The largest absolute Gasteiger partial charge is 0.493 e. The highest BCUT2D eigenvalue weighted by atomic mass is 16.5. The van der Waals surface area contributed by atoms with Gasteiger partial charge in [-0.3, -0.25) is 9.59 Å². The normalized spacial score (nSPS) is 15.9. The van der Waals surface area contributed by atoms with Gasteiger partial charge < -0.3 is 30.0 Å². The van der Waals surface area contributed by atoms with Crippen molar-refractivity contribution in [3.8, 4) is 28.4 Å². The zero-order valence-corrected chi connectivity index (χ0v) is 21.6. The molecule has 0 fully saturated rings. The number of ether oxygens (including phenoxy) is 3. The Kier molecular flexibility index (Phi) is 8.45. The number of hydrogen-bond donors (Lipinski definition) is 3. The number of carboxylic acid groups (broad SMARTS) is 1. The van der Waals surface area contributed by atoms with Crippen LogP contribution in [0.15, 0.2) is 29.1 Å². The lowest BCUT2D eigenvalue weighted by Gasteiger charge is -2.20. The van der Waals surface area contributed by atoms with E-state index in [-0.39, 0.29) is 22.9 Å². The third-order valence-electron chi connectivity index (χ3n) is 6.71. The van der Waals surface area contributed by atoms with Crippen molar-refractivity contribution in [2.45, 2.75) is 52.1 Å². The smallest absolute Gasteiger partial charge is 0.326 e. The third kappa shape index (κ3) is 5.24. The third-order valence-corrected chi connectivity index (χ3v) is 6.71. The van der Waals surface area contributed by atoms with Crippen LogP contribution in [0.25, 0.3) is 11.1 Å². The molecule has 0 heterocycles. The first-order chi connectivity index (χ1) is 17.2. The minimum absolute atomic E-state index is 0.165. The molecule has 2 aromatic rings. The van der Waals surface area contributed by atoms with E-state index in [1.807, 2.05) is 19.9 Å². The van der Waals surface area contributed by atoms with Crippen LogP contribution in [-0.2, 0) is 16.0 Å². The van der Waals surface area contributed by atoms with Crippen molar-refractivity contribution in [3.05, 3.63) is 45.6 Å². The summed E-state index contributed by atoms with van der Waals surface area (Å²) in [6.07, 6.45) is 1.75. The van der Waals surface area contributed by atoms with Crippen LogP contribution < -0.4 is 30.3 Å². The first kappa shape index (κ1) is 26.8.